The highest BCUT2D eigenvalue weighted by molar-refractivity contribution is 6.36. The van der Waals surface area contributed by atoms with Gasteiger partial charge in [0.15, 0.2) is 0 Å². The molecule has 1 amide bonds. The molecule has 0 bridgehead atoms. The number of rotatable bonds is 5. The highest BCUT2D eigenvalue weighted by Gasteiger charge is 2.15. The molecule has 0 radical (unpaired) electrons. The monoisotopic (exact) mass is 307 g/mol. The standard InChI is InChI=1S/C13H16Cl2FNO2/c1-7(3-8(2)18)6-17-13(19)9-4-12(16)11(15)5-10(9)14/h4-5,7-8,18H,3,6H2,1-2H3,(H,17,19). The van der Waals surface area contributed by atoms with Crippen molar-refractivity contribution >= 4 is 29.1 Å². The van der Waals surface area contributed by atoms with Gasteiger partial charge in [-0.25, -0.2) is 4.39 Å². The minimum Gasteiger partial charge on any atom is -0.393 e. The molecule has 106 valence electrons. The first kappa shape index (κ1) is 16.2. The van der Waals surface area contributed by atoms with Crippen molar-refractivity contribution in [1.82, 2.24) is 5.32 Å². The van der Waals surface area contributed by atoms with E-state index in [1.807, 2.05) is 6.92 Å². The molecule has 0 aliphatic rings. The number of carbonyl (C=O) groups is 1. The second kappa shape index (κ2) is 7.08. The number of benzene rings is 1. The highest BCUT2D eigenvalue weighted by Crippen LogP contribution is 2.24. The maximum absolute atomic E-state index is 13.3. The topological polar surface area (TPSA) is 49.3 Å². The third-order valence-corrected chi connectivity index (χ3v) is 3.21. The third-order valence-electron chi connectivity index (χ3n) is 2.61. The lowest BCUT2D eigenvalue weighted by Gasteiger charge is -2.14. The third kappa shape index (κ3) is 4.97. The summed E-state index contributed by atoms with van der Waals surface area (Å²) in [4.78, 5) is 11.9. The smallest absolute Gasteiger partial charge is 0.252 e. The number of hydrogen-bond donors (Lipinski definition) is 2. The summed E-state index contributed by atoms with van der Waals surface area (Å²) in [5, 5.41) is 11.8. The molecule has 2 N–H and O–H groups in total. The molecule has 3 nitrogen and oxygen atoms in total. The number of aliphatic hydroxyl groups is 1. The van der Waals surface area contributed by atoms with Crippen LogP contribution in [0.1, 0.15) is 30.6 Å². The molecule has 2 atom stereocenters. The summed E-state index contributed by atoms with van der Waals surface area (Å²) >= 11 is 11.4. The van der Waals surface area contributed by atoms with E-state index in [9.17, 15) is 14.3 Å². The Bertz CT molecular complexity index is 466. The van der Waals surface area contributed by atoms with E-state index in [0.717, 1.165) is 6.07 Å². The maximum Gasteiger partial charge on any atom is 0.252 e. The van der Waals surface area contributed by atoms with Gasteiger partial charge in [-0.2, -0.15) is 0 Å². The molecule has 6 heteroatoms. The molecule has 0 saturated carbocycles. The summed E-state index contributed by atoms with van der Waals surface area (Å²) in [6.07, 6.45) is 0.145. The zero-order chi connectivity index (χ0) is 14.6. The van der Waals surface area contributed by atoms with Crippen molar-refractivity contribution in [3.8, 4) is 0 Å². The van der Waals surface area contributed by atoms with E-state index in [1.54, 1.807) is 6.92 Å². The Hall–Kier alpha value is -0.840. The number of aliphatic hydroxyl groups excluding tert-OH is 1. The van der Waals surface area contributed by atoms with E-state index in [-0.39, 0.29) is 21.5 Å². The summed E-state index contributed by atoms with van der Waals surface area (Å²) < 4.78 is 13.3. The predicted molar refractivity (Wildman–Crippen MR) is 74.2 cm³/mol. The van der Waals surface area contributed by atoms with Crippen LogP contribution in [0, 0.1) is 11.7 Å². The van der Waals surface area contributed by atoms with Gasteiger partial charge in [-0.3, -0.25) is 4.79 Å². The van der Waals surface area contributed by atoms with Gasteiger partial charge < -0.3 is 10.4 Å². The first-order valence-electron chi connectivity index (χ1n) is 5.92. The van der Waals surface area contributed by atoms with Crippen LogP contribution in [-0.2, 0) is 0 Å². The van der Waals surface area contributed by atoms with Gasteiger partial charge in [0.25, 0.3) is 5.91 Å². The van der Waals surface area contributed by atoms with Crippen LogP contribution in [-0.4, -0.2) is 23.7 Å². The molecule has 1 aromatic carbocycles. The fourth-order valence-corrected chi connectivity index (χ4v) is 2.19. The molecule has 0 aliphatic carbocycles. The molecule has 19 heavy (non-hydrogen) atoms. The van der Waals surface area contributed by atoms with Gasteiger partial charge in [0.05, 0.1) is 21.7 Å². The number of amides is 1. The summed E-state index contributed by atoms with van der Waals surface area (Å²) in [5.74, 6) is -1.04. The van der Waals surface area contributed by atoms with Crippen LogP contribution in [0.25, 0.3) is 0 Å². The first-order valence-corrected chi connectivity index (χ1v) is 6.67. The predicted octanol–water partition coefficient (Wildman–Crippen LogP) is 3.27. The largest absolute Gasteiger partial charge is 0.393 e. The van der Waals surface area contributed by atoms with Crippen LogP contribution in [0.15, 0.2) is 12.1 Å². The first-order chi connectivity index (χ1) is 8.81. The van der Waals surface area contributed by atoms with Gasteiger partial charge >= 0.3 is 0 Å². The second-order valence-electron chi connectivity index (χ2n) is 4.65. The Morgan fingerprint density at radius 3 is 2.58 bits per heavy atom. The average Bonchev–Trinajstić information content (AvgIpc) is 2.30. The summed E-state index contributed by atoms with van der Waals surface area (Å²) in [6, 6.07) is 2.21. The highest BCUT2D eigenvalue weighted by atomic mass is 35.5. The molecule has 1 rings (SSSR count). The van der Waals surface area contributed by atoms with E-state index in [2.05, 4.69) is 5.32 Å². The lowest BCUT2D eigenvalue weighted by molar-refractivity contribution is 0.0939. The van der Waals surface area contributed by atoms with Crippen LogP contribution in [0.3, 0.4) is 0 Å². The van der Waals surface area contributed by atoms with E-state index in [0.29, 0.717) is 13.0 Å². The molecular weight excluding hydrogens is 292 g/mol. The van der Waals surface area contributed by atoms with Crippen molar-refractivity contribution in [3.63, 3.8) is 0 Å². The van der Waals surface area contributed by atoms with Crippen LogP contribution >= 0.6 is 23.2 Å². The van der Waals surface area contributed by atoms with Crippen LogP contribution in [0.4, 0.5) is 4.39 Å². The Morgan fingerprint density at radius 1 is 1.37 bits per heavy atom. The van der Waals surface area contributed by atoms with Gasteiger partial charge in [0.2, 0.25) is 0 Å². The number of carbonyl (C=O) groups excluding carboxylic acids is 1. The zero-order valence-corrected chi connectivity index (χ0v) is 12.2. The average molecular weight is 308 g/mol. The van der Waals surface area contributed by atoms with Crippen molar-refractivity contribution in [2.75, 3.05) is 6.54 Å². The zero-order valence-electron chi connectivity index (χ0n) is 10.7. The molecule has 0 heterocycles. The molecule has 2 unspecified atom stereocenters. The minimum atomic E-state index is -0.687. The summed E-state index contributed by atoms with van der Waals surface area (Å²) in [5.41, 5.74) is 0.0489. The van der Waals surface area contributed by atoms with Crippen LogP contribution in [0.5, 0.6) is 0 Å². The van der Waals surface area contributed by atoms with Gasteiger partial charge in [-0.1, -0.05) is 30.1 Å². The SMILES string of the molecule is CC(O)CC(C)CNC(=O)c1cc(F)c(Cl)cc1Cl. The van der Waals surface area contributed by atoms with Gasteiger partial charge in [0.1, 0.15) is 5.82 Å². The van der Waals surface area contributed by atoms with Gasteiger partial charge in [-0.05, 0) is 31.4 Å². The molecule has 0 aliphatic heterocycles. The van der Waals surface area contributed by atoms with Crippen molar-refractivity contribution in [2.45, 2.75) is 26.4 Å². The van der Waals surface area contributed by atoms with Crippen LogP contribution < -0.4 is 5.32 Å². The van der Waals surface area contributed by atoms with Gasteiger partial charge in [-0.15, -0.1) is 0 Å². The second-order valence-corrected chi connectivity index (χ2v) is 5.46. The number of nitrogens with one attached hydrogen (secondary N) is 1. The molecule has 1 aromatic rings. The number of hydrogen-bond acceptors (Lipinski definition) is 2. The Morgan fingerprint density at radius 2 is 2.00 bits per heavy atom. The fraction of sp³-hybridized carbons (Fsp3) is 0.462. The molecule has 0 fully saturated rings. The van der Waals surface area contributed by atoms with E-state index < -0.39 is 17.8 Å². The lowest BCUT2D eigenvalue weighted by atomic mass is 10.0. The lowest BCUT2D eigenvalue weighted by Crippen LogP contribution is -2.29. The Labute approximate surface area is 121 Å². The molecule has 0 aromatic heterocycles. The van der Waals surface area contributed by atoms with Crippen molar-refractivity contribution in [2.24, 2.45) is 5.92 Å². The van der Waals surface area contributed by atoms with Crippen molar-refractivity contribution in [1.29, 1.82) is 0 Å². The van der Waals surface area contributed by atoms with Crippen molar-refractivity contribution in [3.05, 3.63) is 33.6 Å². The molecular formula is C13H16Cl2FNO2. The summed E-state index contributed by atoms with van der Waals surface area (Å²) in [6.45, 7) is 3.96. The molecule has 0 spiro atoms. The number of halogens is 3. The summed E-state index contributed by atoms with van der Waals surface area (Å²) in [7, 11) is 0. The van der Waals surface area contributed by atoms with Crippen LogP contribution in [0.2, 0.25) is 10.0 Å². The molecule has 0 saturated heterocycles. The van der Waals surface area contributed by atoms with E-state index in [4.69, 9.17) is 23.2 Å². The normalized spacial score (nSPS) is 14.0. The van der Waals surface area contributed by atoms with E-state index in [1.165, 1.54) is 6.07 Å². The fourth-order valence-electron chi connectivity index (χ4n) is 1.72. The van der Waals surface area contributed by atoms with E-state index >= 15 is 0 Å². The Balaban J connectivity index is 2.66. The van der Waals surface area contributed by atoms with Gasteiger partial charge in [0, 0.05) is 6.54 Å². The van der Waals surface area contributed by atoms with Crippen molar-refractivity contribution < 1.29 is 14.3 Å². The quantitative estimate of drug-likeness (QED) is 0.820. The Kier molecular flexibility index (Phi) is 6.04. The maximum atomic E-state index is 13.3. The minimum absolute atomic E-state index is 0.0489.